The molecule has 30 heavy (non-hydrogen) atoms. The van der Waals surface area contributed by atoms with Crippen molar-refractivity contribution in [1.82, 2.24) is 20.2 Å². The number of piperidine rings is 1. The van der Waals surface area contributed by atoms with Crippen LogP contribution in [-0.2, 0) is 11.3 Å². The molecule has 5 nitrogen and oxygen atoms in total. The summed E-state index contributed by atoms with van der Waals surface area (Å²) in [5, 5.41) is 7.51. The molecule has 1 fully saturated rings. The van der Waals surface area contributed by atoms with Gasteiger partial charge in [-0.1, -0.05) is 32.9 Å². The molecule has 0 bridgehead atoms. The van der Waals surface area contributed by atoms with Crippen LogP contribution in [0.4, 0.5) is 0 Å². The third-order valence-electron chi connectivity index (χ3n) is 5.86. The van der Waals surface area contributed by atoms with Crippen LogP contribution in [-0.4, -0.2) is 33.9 Å². The third-order valence-corrected chi connectivity index (χ3v) is 6.72. The number of thiazole rings is 1. The lowest BCUT2D eigenvalue weighted by molar-refractivity contribution is -0.129. The zero-order chi connectivity index (χ0) is 21.1. The highest BCUT2D eigenvalue weighted by atomic mass is 32.1. The summed E-state index contributed by atoms with van der Waals surface area (Å²) < 4.78 is 0. The fourth-order valence-electron chi connectivity index (χ4n) is 4.05. The van der Waals surface area contributed by atoms with Gasteiger partial charge in [-0.2, -0.15) is 0 Å². The van der Waals surface area contributed by atoms with Gasteiger partial charge in [0.1, 0.15) is 5.01 Å². The number of nitrogens with zero attached hydrogens (tertiary/aromatic N) is 3. The lowest BCUT2D eigenvalue weighted by Crippen LogP contribution is -2.43. The minimum Gasteiger partial charge on any atom is -0.346 e. The van der Waals surface area contributed by atoms with Gasteiger partial charge in [-0.15, -0.1) is 11.3 Å². The van der Waals surface area contributed by atoms with E-state index in [1.54, 1.807) is 11.3 Å². The lowest BCUT2D eigenvalue weighted by Gasteiger charge is -2.36. The Kier molecular flexibility index (Phi) is 6.16. The Morgan fingerprint density at radius 2 is 2.00 bits per heavy atom. The summed E-state index contributed by atoms with van der Waals surface area (Å²) >= 11 is 1.64. The highest BCUT2D eigenvalue weighted by Crippen LogP contribution is 2.33. The van der Waals surface area contributed by atoms with E-state index >= 15 is 0 Å². The van der Waals surface area contributed by atoms with Gasteiger partial charge in [-0.25, -0.2) is 4.98 Å². The number of pyridine rings is 1. The molecular weight excluding hydrogens is 392 g/mol. The fraction of sp³-hybridized carbons (Fsp3) is 0.458. The van der Waals surface area contributed by atoms with E-state index in [0.717, 1.165) is 43.0 Å². The Bertz CT molecular complexity index is 988. The molecule has 1 aliphatic heterocycles. The number of amides is 1. The lowest BCUT2D eigenvalue weighted by atomic mass is 9.87. The zero-order valence-corrected chi connectivity index (χ0v) is 18.8. The fourth-order valence-corrected chi connectivity index (χ4v) is 4.83. The number of carbonyl (C=O) groups excluding carboxylic acids is 1. The number of fused-ring (bicyclic) bond motifs is 1. The van der Waals surface area contributed by atoms with Crippen molar-refractivity contribution in [1.29, 1.82) is 0 Å². The minimum atomic E-state index is -0.402. The maximum Gasteiger partial charge on any atom is 0.225 e. The number of benzene rings is 1. The van der Waals surface area contributed by atoms with Crippen LogP contribution in [0.25, 0.3) is 10.9 Å². The van der Waals surface area contributed by atoms with Crippen LogP contribution in [0.2, 0.25) is 0 Å². The van der Waals surface area contributed by atoms with Crippen LogP contribution in [0, 0.1) is 11.3 Å². The molecule has 1 aromatic carbocycles. The molecular formula is C24H30N4OS. The molecule has 0 aliphatic carbocycles. The zero-order valence-electron chi connectivity index (χ0n) is 18.0. The molecule has 1 amide bonds. The van der Waals surface area contributed by atoms with E-state index < -0.39 is 5.41 Å². The second-order valence-electron chi connectivity index (χ2n) is 9.22. The van der Waals surface area contributed by atoms with Crippen molar-refractivity contribution in [2.45, 2.75) is 46.2 Å². The molecule has 6 heteroatoms. The molecule has 4 rings (SSSR count). The summed E-state index contributed by atoms with van der Waals surface area (Å²) in [6.45, 7) is 8.90. The molecule has 0 saturated carbocycles. The van der Waals surface area contributed by atoms with E-state index in [1.807, 2.05) is 44.6 Å². The molecule has 0 spiro atoms. The predicted octanol–water partition coefficient (Wildman–Crippen LogP) is 4.81. The molecule has 1 atom stereocenters. The Morgan fingerprint density at radius 3 is 2.70 bits per heavy atom. The molecule has 1 saturated heterocycles. The predicted molar refractivity (Wildman–Crippen MR) is 122 cm³/mol. The van der Waals surface area contributed by atoms with Gasteiger partial charge in [0.25, 0.3) is 0 Å². The molecule has 158 valence electrons. The maximum absolute atomic E-state index is 12.7. The van der Waals surface area contributed by atoms with E-state index in [-0.39, 0.29) is 11.9 Å². The average molecular weight is 423 g/mol. The van der Waals surface area contributed by atoms with Gasteiger partial charge in [-0.05, 0) is 55.6 Å². The number of carbonyl (C=O) groups is 1. The maximum atomic E-state index is 12.7. The molecule has 1 N–H and O–H groups in total. The van der Waals surface area contributed by atoms with Crippen molar-refractivity contribution in [3.63, 3.8) is 0 Å². The van der Waals surface area contributed by atoms with Crippen molar-refractivity contribution in [2.24, 2.45) is 11.3 Å². The molecule has 1 unspecified atom stereocenters. The Labute approximate surface area is 182 Å². The average Bonchev–Trinajstić information content (AvgIpc) is 3.26. The van der Waals surface area contributed by atoms with Gasteiger partial charge >= 0.3 is 0 Å². The number of hydrogen-bond donors (Lipinski definition) is 1. The first-order chi connectivity index (χ1) is 14.4. The van der Waals surface area contributed by atoms with E-state index in [0.29, 0.717) is 5.92 Å². The van der Waals surface area contributed by atoms with Crippen molar-refractivity contribution in [3.05, 3.63) is 58.7 Å². The SMILES string of the molecule is CC(C)(C)C(=O)NC(c1nccs1)C1CCN(Cc2ccc3ncccc3c2)CC1. The number of rotatable bonds is 5. The molecule has 2 aromatic heterocycles. The second-order valence-corrected chi connectivity index (χ2v) is 10.1. The summed E-state index contributed by atoms with van der Waals surface area (Å²) in [7, 11) is 0. The van der Waals surface area contributed by atoms with E-state index in [1.165, 1.54) is 10.9 Å². The van der Waals surface area contributed by atoms with Gasteiger partial charge in [0, 0.05) is 35.1 Å². The first-order valence-corrected chi connectivity index (χ1v) is 11.5. The second kappa shape index (κ2) is 8.82. The standard InChI is InChI=1S/C24H30N4OS/c1-24(2,3)23(29)27-21(22-26-11-14-30-22)18-8-12-28(13-9-18)16-17-6-7-20-19(15-17)5-4-10-25-20/h4-7,10-11,14-15,18,21H,8-9,12-13,16H2,1-3H3,(H,27,29). The van der Waals surface area contributed by atoms with Crippen LogP contribution in [0.15, 0.2) is 48.1 Å². The largest absolute Gasteiger partial charge is 0.346 e. The highest BCUT2D eigenvalue weighted by Gasteiger charge is 2.33. The van der Waals surface area contributed by atoms with Crippen molar-refractivity contribution < 1.29 is 4.79 Å². The van der Waals surface area contributed by atoms with Gasteiger partial charge in [-0.3, -0.25) is 14.7 Å². The van der Waals surface area contributed by atoms with E-state index in [4.69, 9.17) is 0 Å². The highest BCUT2D eigenvalue weighted by molar-refractivity contribution is 7.09. The summed E-state index contributed by atoms with van der Waals surface area (Å²) in [6, 6.07) is 10.7. The normalized spacial score (nSPS) is 17.2. The number of aromatic nitrogens is 2. The smallest absolute Gasteiger partial charge is 0.225 e. The minimum absolute atomic E-state index is 0.00520. The van der Waals surface area contributed by atoms with E-state index in [9.17, 15) is 4.79 Å². The summed E-state index contributed by atoms with van der Waals surface area (Å²) in [6.07, 6.45) is 5.79. The molecule has 0 radical (unpaired) electrons. The molecule has 3 aromatic rings. The summed E-state index contributed by atoms with van der Waals surface area (Å²) in [5.74, 6) is 0.509. The van der Waals surface area contributed by atoms with Crippen LogP contribution in [0.3, 0.4) is 0 Å². The Morgan fingerprint density at radius 1 is 1.20 bits per heavy atom. The Hall–Kier alpha value is -2.31. The van der Waals surface area contributed by atoms with Crippen molar-refractivity contribution >= 4 is 28.1 Å². The first-order valence-electron chi connectivity index (χ1n) is 10.7. The number of hydrogen-bond acceptors (Lipinski definition) is 5. The van der Waals surface area contributed by atoms with Gasteiger partial charge in [0.15, 0.2) is 0 Å². The van der Waals surface area contributed by atoms with E-state index in [2.05, 4.69) is 44.5 Å². The number of nitrogens with one attached hydrogen (secondary N) is 1. The van der Waals surface area contributed by atoms with Crippen molar-refractivity contribution in [3.8, 4) is 0 Å². The summed E-state index contributed by atoms with van der Waals surface area (Å²) in [4.78, 5) is 24.1. The van der Waals surface area contributed by atoms with Gasteiger partial charge in [0.05, 0.1) is 11.6 Å². The third kappa shape index (κ3) is 4.87. The van der Waals surface area contributed by atoms with Crippen LogP contribution >= 0.6 is 11.3 Å². The number of likely N-dealkylation sites (tertiary alicyclic amines) is 1. The molecule has 1 aliphatic rings. The monoisotopic (exact) mass is 422 g/mol. The van der Waals surface area contributed by atoms with Crippen LogP contribution in [0.5, 0.6) is 0 Å². The first kappa shape index (κ1) is 20.9. The topological polar surface area (TPSA) is 58.1 Å². The van der Waals surface area contributed by atoms with Crippen LogP contribution < -0.4 is 5.32 Å². The van der Waals surface area contributed by atoms with Crippen LogP contribution in [0.1, 0.15) is 50.2 Å². The van der Waals surface area contributed by atoms with Gasteiger partial charge in [0.2, 0.25) is 5.91 Å². The molecule has 3 heterocycles. The Balaban J connectivity index is 1.40. The van der Waals surface area contributed by atoms with Crippen molar-refractivity contribution in [2.75, 3.05) is 13.1 Å². The summed E-state index contributed by atoms with van der Waals surface area (Å²) in [5.41, 5.74) is 1.97. The van der Waals surface area contributed by atoms with Gasteiger partial charge < -0.3 is 5.32 Å². The quantitative estimate of drug-likeness (QED) is 0.641.